The molecule has 0 atom stereocenters. The van der Waals surface area contributed by atoms with Gasteiger partial charge in [-0.3, -0.25) is 9.36 Å². The summed E-state index contributed by atoms with van der Waals surface area (Å²) in [5.74, 6) is 0.469. The third kappa shape index (κ3) is 2.17. The second kappa shape index (κ2) is 4.46. The van der Waals surface area contributed by atoms with Gasteiger partial charge in [0.2, 0.25) is 0 Å². The van der Waals surface area contributed by atoms with E-state index in [1.165, 1.54) is 4.57 Å². The molecule has 0 bridgehead atoms. The Kier molecular flexibility index (Phi) is 3.23. The summed E-state index contributed by atoms with van der Waals surface area (Å²) in [7, 11) is 1.65. The van der Waals surface area contributed by atoms with E-state index in [0.717, 1.165) is 10.0 Å². The van der Waals surface area contributed by atoms with Crippen molar-refractivity contribution in [3.05, 3.63) is 38.3 Å². The molecule has 0 N–H and O–H groups in total. The molecule has 1 aromatic carbocycles. The number of aromatic nitrogens is 2. The lowest BCUT2D eigenvalue weighted by atomic mass is 9.94. The van der Waals surface area contributed by atoms with Gasteiger partial charge >= 0.3 is 0 Å². The average Bonchev–Trinajstić information content (AvgIpc) is 2.34. The number of hydrogen-bond acceptors (Lipinski definition) is 3. The van der Waals surface area contributed by atoms with Gasteiger partial charge in [0, 0.05) is 11.5 Å². The maximum absolute atomic E-state index is 12.4. The molecule has 0 fully saturated rings. The van der Waals surface area contributed by atoms with E-state index in [1.807, 2.05) is 19.1 Å². The van der Waals surface area contributed by atoms with Gasteiger partial charge in [0.05, 0.1) is 17.0 Å². The summed E-state index contributed by atoms with van der Waals surface area (Å²) >= 11 is 3.44. The van der Waals surface area contributed by atoms with Crippen molar-refractivity contribution in [1.29, 1.82) is 5.26 Å². The highest BCUT2D eigenvalue weighted by molar-refractivity contribution is 9.10. The lowest BCUT2D eigenvalue weighted by Gasteiger charge is -2.19. The molecule has 0 aliphatic heterocycles. The van der Waals surface area contributed by atoms with Crippen LogP contribution in [0.4, 0.5) is 0 Å². The fourth-order valence-electron chi connectivity index (χ4n) is 2.08. The summed E-state index contributed by atoms with van der Waals surface area (Å²) in [5.41, 5.74) is 0.650. The first kappa shape index (κ1) is 13.8. The highest BCUT2D eigenvalue weighted by atomic mass is 79.9. The summed E-state index contributed by atoms with van der Waals surface area (Å²) in [6.07, 6.45) is 0. The molecule has 5 heteroatoms. The van der Waals surface area contributed by atoms with Crippen molar-refractivity contribution in [3.8, 4) is 6.07 Å². The van der Waals surface area contributed by atoms with Crippen molar-refractivity contribution in [2.45, 2.75) is 26.2 Å². The lowest BCUT2D eigenvalue weighted by Crippen LogP contribution is -2.30. The third-order valence-corrected chi connectivity index (χ3v) is 3.72. The number of nitriles is 1. The van der Waals surface area contributed by atoms with E-state index < -0.39 is 5.41 Å². The van der Waals surface area contributed by atoms with Crippen LogP contribution in [-0.4, -0.2) is 9.55 Å². The molecule has 0 aliphatic carbocycles. The predicted molar refractivity (Wildman–Crippen MR) is 78.1 cm³/mol. The fraction of sp³-hybridized carbons (Fsp3) is 0.357. The van der Waals surface area contributed by atoms with Crippen LogP contribution in [0.2, 0.25) is 0 Å². The van der Waals surface area contributed by atoms with Crippen molar-refractivity contribution in [2.24, 2.45) is 7.05 Å². The van der Waals surface area contributed by atoms with E-state index in [0.29, 0.717) is 16.7 Å². The van der Waals surface area contributed by atoms with E-state index in [4.69, 9.17) is 0 Å². The SMILES string of the molecule is Cc1cc(Br)c2nc(C(C)(C)C#N)n(C)c(=O)c2c1. The van der Waals surface area contributed by atoms with Crippen LogP contribution in [0, 0.1) is 18.3 Å². The van der Waals surface area contributed by atoms with Gasteiger partial charge in [-0.1, -0.05) is 0 Å². The highest BCUT2D eigenvalue weighted by Gasteiger charge is 2.26. The minimum absolute atomic E-state index is 0.132. The van der Waals surface area contributed by atoms with Crippen LogP contribution >= 0.6 is 15.9 Å². The van der Waals surface area contributed by atoms with Crippen molar-refractivity contribution in [3.63, 3.8) is 0 Å². The summed E-state index contributed by atoms with van der Waals surface area (Å²) in [4.78, 5) is 16.9. The number of hydrogen-bond donors (Lipinski definition) is 0. The van der Waals surface area contributed by atoms with Crippen LogP contribution < -0.4 is 5.56 Å². The molecule has 0 spiro atoms. The van der Waals surface area contributed by atoms with Crippen molar-refractivity contribution < 1.29 is 0 Å². The summed E-state index contributed by atoms with van der Waals surface area (Å²) in [6, 6.07) is 5.92. The first-order valence-electron chi connectivity index (χ1n) is 5.86. The molecule has 1 aromatic heterocycles. The molecular weight excluding hydrogens is 306 g/mol. The number of benzene rings is 1. The monoisotopic (exact) mass is 319 g/mol. The van der Waals surface area contributed by atoms with Gasteiger partial charge in [0.1, 0.15) is 11.2 Å². The van der Waals surface area contributed by atoms with Crippen molar-refractivity contribution >= 4 is 26.8 Å². The van der Waals surface area contributed by atoms with Gasteiger partial charge in [-0.2, -0.15) is 5.26 Å². The van der Waals surface area contributed by atoms with Crippen LogP contribution in [0.15, 0.2) is 21.4 Å². The predicted octanol–water partition coefficient (Wildman–Crippen LogP) is 2.81. The average molecular weight is 320 g/mol. The maximum Gasteiger partial charge on any atom is 0.261 e. The summed E-state index contributed by atoms with van der Waals surface area (Å²) in [6.45, 7) is 5.43. The minimum Gasteiger partial charge on any atom is -0.298 e. The number of nitrogens with zero attached hydrogens (tertiary/aromatic N) is 3. The van der Waals surface area contributed by atoms with E-state index in [9.17, 15) is 10.1 Å². The molecule has 0 saturated heterocycles. The summed E-state index contributed by atoms with van der Waals surface area (Å²) < 4.78 is 2.23. The first-order chi connectivity index (χ1) is 8.77. The third-order valence-electron chi connectivity index (χ3n) is 3.12. The van der Waals surface area contributed by atoms with E-state index in [2.05, 4.69) is 27.0 Å². The second-order valence-corrected chi connectivity index (χ2v) is 6.03. The van der Waals surface area contributed by atoms with Gasteiger partial charge in [0.15, 0.2) is 0 Å². The molecule has 2 aromatic rings. The minimum atomic E-state index is -0.813. The largest absolute Gasteiger partial charge is 0.298 e. The van der Waals surface area contributed by atoms with Crippen molar-refractivity contribution in [2.75, 3.05) is 0 Å². The van der Waals surface area contributed by atoms with E-state index >= 15 is 0 Å². The van der Waals surface area contributed by atoms with Gasteiger partial charge in [0.25, 0.3) is 5.56 Å². The Morgan fingerprint density at radius 2 is 2.05 bits per heavy atom. The lowest BCUT2D eigenvalue weighted by molar-refractivity contribution is 0.577. The van der Waals surface area contributed by atoms with Crippen LogP contribution in [0.1, 0.15) is 25.2 Å². The van der Waals surface area contributed by atoms with Crippen LogP contribution in [0.5, 0.6) is 0 Å². The quantitative estimate of drug-likeness (QED) is 0.812. The molecule has 4 nitrogen and oxygen atoms in total. The zero-order valence-electron chi connectivity index (χ0n) is 11.3. The standard InChI is InChI=1S/C14H14BrN3O/c1-8-5-9-11(10(15)6-8)17-13(14(2,3)7-16)18(4)12(9)19/h5-6H,1-4H3. The number of halogens is 1. The van der Waals surface area contributed by atoms with Gasteiger partial charge in [-0.05, 0) is 54.4 Å². The molecule has 0 aliphatic rings. The van der Waals surface area contributed by atoms with Crippen LogP contribution in [-0.2, 0) is 12.5 Å². The molecule has 0 unspecified atom stereocenters. The van der Waals surface area contributed by atoms with Crippen LogP contribution in [0.25, 0.3) is 10.9 Å². The van der Waals surface area contributed by atoms with Gasteiger partial charge in [-0.15, -0.1) is 0 Å². The van der Waals surface area contributed by atoms with E-state index in [-0.39, 0.29) is 5.56 Å². The van der Waals surface area contributed by atoms with E-state index in [1.54, 1.807) is 20.9 Å². The second-order valence-electron chi connectivity index (χ2n) is 5.18. The topological polar surface area (TPSA) is 58.7 Å². The maximum atomic E-state index is 12.4. The Hall–Kier alpha value is -1.67. The molecule has 0 radical (unpaired) electrons. The molecule has 0 amide bonds. The Balaban J connectivity index is 2.98. The summed E-state index contributed by atoms with van der Waals surface area (Å²) in [5, 5.41) is 9.79. The molecule has 2 rings (SSSR count). The first-order valence-corrected chi connectivity index (χ1v) is 6.66. The number of fused-ring (bicyclic) bond motifs is 1. The zero-order valence-corrected chi connectivity index (χ0v) is 12.9. The van der Waals surface area contributed by atoms with Gasteiger partial charge in [-0.25, -0.2) is 4.98 Å². The molecule has 98 valence electrons. The Bertz CT molecular complexity index is 769. The smallest absolute Gasteiger partial charge is 0.261 e. The van der Waals surface area contributed by atoms with Gasteiger partial charge < -0.3 is 0 Å². The Morgan fingerprint density at radius 1 is 1.42 bits per heavy atom. The number of rotatable bonds is 1. The molecular formula is C14H14BrN3O. The number of aryl methyl sites for hydroxylation is 1. The fourth-order valence-corrected chi connectivity index (χ4v) is 2.74. The zero-order chi connectivity index (χ0) is 14.4. The molecule has 1 heterocycles. The van der Waals surface area contributed by atoms with Crippen LogP contribution in [0.3, 0.4) is 0 Å². The Morgan fingerprint density at radius 3 is 2.63 bits per heavy atom. The molecule has 0 saturated carbocycles. The normalized spacial score (nSPS) is 11.6. The highest BCUT2D eigenvalue weighted by Crippen LogP contribution is 2.25. The van der Waals surface area contributed by atoms with Crippen molar-refractivity contribution in [1.82, 2.24) is 9.55 Å². The Labute approximate surface area is 119 Å². The molecule has 19 heavy (non-hydrogen) atoms.